The Morgan fingerprint density at radius 3 is 1.73 bits per heavy atom. The highest BCUT2D eigenvalue weighted by atomic mass is 16.7. The molecule has 0 bridgehead atoms. The molecule has 9 aromatic rings. The molecule has 1 saturated heterocycles. The van der Waals surface area contributed by atoms with Crippen LogP contribution < -0.4 is 15.3 Å². The number of ether oxygens (including phenoxy) is 1. The van der Waals surface area contributed by atoms with E-state index in [1.807, 2.05) is 6.20 Å². The molecule has 1 fully saturated rings. The van der Waals surface area contributed by atoms with Crippen LogP contribution in [0.15, 0.2) is 170 Å². The number of rotatable bonds is 10. The number of aromatic nitrogens is 2. The average molecular weight is 1070 g/mol. The van der Waals surface area contributed by atoms with Gasteiger partial charge in [0.05, 0.1) is 41.3 Å². The maximum absolute atomic E-state index is 6.99. The van der Waals surface area contributed by atoms with E-state index in [-0.39, 0.29) is 26.9 Å². The number of fused-ring (bicyclic) bond motifs is 4. The quantitative estimate of drug-likeness (QED) is 0.126. The summed E-state index contributed by atoms with van der Waals surface area (Å²) in [5.41, 5.74) is 18.0. The second kappa shape index (κ2) is 21.1. The standard InChI is InChI=1S/C70H79B3N4O4/c1-66(2,3)52-35-36-74-64(43-52)77-60-34-32-50(49-24-17-16-18-25-49)41-58(60)57-33-31-48(38-63(57)77)45-78-44-47-23-21-26-55(37-47)75-46-76(62-30-20-19-29-61(62)75)65-56(51-39-53(67(4,5)6)42-54(40-51)68(7,8)9)27-22-28-59(65)71-79-72(69(10,11)12)81-73(80-71)70(13,14)15/h16-43H,44-46H2,1-15H3. The van der Waals surface area contributed by atoms with Gasteiger partial charge in [0.2, 0.25) is 0 Å². The van der Waals surface area contributed by atoms with E-state index in [0.717, 1.165) is 67.3 Å². The van der Waals surface area contributed by atoms with Gasteiger partial charge in [-0.1, -0.05) is 213 Å². The lowest BCUT2D eigenvalue weighted by molar-refractivity contribution is 0.107. The molecule has 7 aromatic carbocycles. The first kappa shape index (κ1) is 56.0. The number of benzene rings is 7. The van der Waals surface area contributed by atoms with Crippen molar-refractivity contribution < 1.29 is 18.5 Å². The maximum atomic E-state index is 6.99. The smallest absolute Gasteiger partial charge is 0.452 e. The van der Waals surface area contributed by atoms with Gasteiger partial charge < -0.3 is 28.3 Å². The molecule has 0 spiro atoms. The number of hydrogen-bond donors (Lipinski definition) is 0. The monoisotopic (exact) mass is 1070 g/mol. The third-order valence-corrected chi connectivity index (χ3v) is 16.0. The Morgan fingerprint density at radius 2 is 1.09 bits per heavy atom. The number of para-hydroxylation sites is 3. The lowest BCUT2D eigenvalue weighted by atomic mass is 9.50. The van der Waals surface area contributed by atoms with Crippen LogP contribution >= 0.6 is 0 Å². The van der Waals surface area contributed by atoms with Gasteiger partial charge >= 0.3 is 21.4 Å². The fourth-order valence-electron chi connectivity index (χ4n) is 11.3. The van der Waals surface area contributed by atoms with Gasteiger partial charge in [-0.15, -0.1) is 0 Å². The number of hydrogen-bond acceptors (Lipinski definition) is 7. The first-order chi connectivity index (χ1) is 38.3. The molecular weight excluding hydrogens is 993 g/mol. The van der Waals surface area contributed by atoms with Crippen molar-refractivity contribution in [1.29, 1.82) is 0 Å². The van der Waals surface area contributed by atoms with Crippen LogP contribution in [-0.4, -0.2) is 37.6 Å². The second-order valence-corrected chi connectivity index (χ2v) is 27.8. The largest absolute Gasteiger partial charge is 0.468 e. The molecule has 11 heteroatoms. The van der Waals surface area contributed by atoms with E-state index >= 15 is 0 Å². The molecule has 8 nitrogen and oxygen atoms in total. The van der Waals surface area contributed by atoms with Crippen molar-refractivity contribution in [2.24, 2.45) is 0 Å². The van der Waals surface area contributed by atoms with Crippen molar-refractivity contribution in [1.82, 2.24) is 9.55 Å². The summed E-state index contributed by atoms with van der Waals surface area (Å²) in [5, 5.41) is 1.76. The van der Waals surface area contributed by atoms with Crippen molar-refractivity contribution in [2.45, 2.75) is 144 Å². The van der Waals surface area contributed by atoms with Crippen molar-refractivity contribution in [2.75, 3.05) is 16.5 Å². The van der Waals surface area contributed by atoms with Crippen molar-refractivity contribution in [3.63, 3.8) is 0 Å². The number of pyridine rings is 1. The zero-order chi connectivity index (χ0) is 57.4. The molecule has 11 rings (SSSR count). The molecule has 2 aliphatic heterocycles. The summed E-state index contributed by atoms with van der Waals surface area (Å²) in [4.78, 5) is 9.87. The van der Waals surface area contributed by atoms with Crippen LogP contribution in [0.25, 0.3) is 49.9 Å². The van der Waals surface area contributed by atoms with Crippen LogP contribution in [0.4, 0.5) is 22.7 Å². The minimum Gasteiger partial charge on any atom is -0.452 e. The normalized spacial score (nSPS) is 14.7. The van der Waals surface area contributed by atoms with E-state index in [9.17, 15) is 0 Å². The van der Waals surface area contributed by atoms with E-state index < -0.39 is 21.4 Å². The number of nitrogens with zero attached hydrogens (tertiary/aromatic N) is 4. The number of anilines is 4. The lowest BCUT2D eigenvalue weighted by Gasteiger charge is -2.41. The molecule has 0 radical (unpaired) electrons. The molecule has 0 N–H and O–H groups in total. The summed E-state index contributed by atoms with van der Waals surface area (Å²) in [6, 6.07) is 59.9. The zero-order valence-corrected chi connectivity index (χ0v) is 50.4. The molecule has 0 amide bonds. The highest BCUT2D eigenvalue weighted by Crippen LogP contribution is 2.48. The van der Waals surface area contributed by atoms with E-state index in [4.69, 9.17) is 23.4 Å². The summed E-state index contributed by atoms with van der Waals surface area (Å²) in [7, 11) is -1.71. The lowest BCUT2D eigenvalue weighted by Crippen LogP contribution is -2.59. The first-order valence-corrected chi connectivity index (χ1v) is 29.0. The van der Waals surface area contributed by atoms with Gasteiger partial charge in [0, 0.05) is 33.7 Å². The van der Waals surface area contributed by atoms with Crippen LogP contribution in [-0.2, 0) is 47.9 Å². The van der Waals surface area contributed by atoms with E-state index in [2.05, 4.69) is 282 Å². The van der Waals surface area contributed by atoms with E-state index in [1.54, 1.807) is 0 Å². The van der Waals surface area contributed by atoms with Gasteiger partial charge in [0.25, 0.3) is 0 Å². The molecule has 2 aromatic heterocycles. The Bertz CT molecular complexity index is 3730. The summed E-state index contributed by atoms with van der Waals surface area (Å²) in [6.45, 7) is 35.1. The molecule has 0 unspecified atom stereocenters. The molecule has 0 saturated carbocycles. The molecule has 4 heterocycles. The van der Waals surface area contributed by atoms with Crippen LogP contribution in [0.3, 0.4) is 0 Å². The fourth-order valence-corrected chi connectivity index (χ4v) is 11.3. The Hall–Kier alpha value is -6.88. The Labute approximate surface area is 483 Å². The minimum absolute atomic E-state index is 0.0298. The fraction of sp³-hybridized carbons (Fsp3) is 0.329. The molecule has 0 aliphatic carbocycles. The van der Waals surface area contributed by atoms with Gasteiger partial charge in [-0.2, -0.15) is 0 Å². The molecule has 81 heavy (non-hydrogen) atoms. The van der Waals surface area contributed by atoms with Crippen LogP contribution in [0.5, 0.6) is 0 Å². The summed E-state index contributed by atoms with van der Waals surface area (Å²) in [6.07, 6.45) is 1.94. The summed E-state index contributed by atoms with van der Waals surface area (Å²) < 4.78 is 29.6. The van der Waals surface area contributed by atoms with Gasteiger partial charge in [-0.05, 0) is 126 Å². The third kappa shape index (κ3) is 11.4. The summed E-state index contributed by atoms with van der Waals surface area (Å²) >= 11 is 0. The Kier molecular flexibility index (Phi) is 14.6. The topological polar surface area (TPSA) is 61.2 Å². The van der Waals surface area contributed by atoms with Crippen molar-refractivity contribution in [3.8, 4) is 28.1 Å². The predicted octanol–water partition coefficient (Wildman–Crippen LogP) is 17.7. The van der Waals surface area contributed by atoms with Gasteiger partial charge in [0.15, 0.2) is 0 Å². The third-order valence-electron chi connectivity index (χ3n) is 16.0. The molecular formula is C70H79B3N4O4. The van der Waals surface area contributed by atoms with E-state index in [0.29, 0.717) is 19.9 Å². The minimum atomic E-state index is -0.704. The zero-order valence-electron chi connectivity index (χ0n) is 50.4. The average Bonchev–Trinajstić information content (AvgIpc) is 4.16. The highest BCUT2D eigenvalue weighted by Gasteiger charge is 2.52. The van der Waals surface area contributed by atoms with Crippen molar-refractivity contribution >= 4 is 71.4 Å². The van der Waals surface area contributed by atoms with Gasteiger partial charge in [0.1, 0.15) is 12.5 Å². The maximum Gasteiger partial charge on any atom is 0.468 e. The molecule has 0 atom stereocenters. The van der Waals surface area contributed by atoms with Crippen molar-refractivity contribution in [3.05, 3.63) is 198 Å². The van der Waals surface area contributed by atoms with Gasteiger partial charge in [-0.25, -0.2) is 4.98 Å². The van der Waals surface area contributed by atoms with Crippen LogP contribution in [0.1, 0.15) is 132 Å². The summed E-state index contributed by atoms with van der Waals surface area (Å²) in [5.74, 6) is 0.907. The van der Waals surface area contributed by atoms with Gasteiger partial charge in [-0.3, -0.25) is 4.57 Å². The highest BCUT2D eigenvalue weighted by molar-refractivity contribution is 6.81. The van der Waals surface area contributed by atoms with E-state index in [1.165, 1.54) is 38.6 Å². The molecule has 412 valence electrons. The molecule has 2 aliphatic rings. The Morgan fingerprint density at radius 1 is 0.469 bits per heavy atom. The first-order valence-electron chi connectivity index (χ1n) is 29.0. The predicted molar refractivity (Wildman–Crippen MR) is 342 cm³/mol. The SMILES string of the molecule is CC(C)(C)B1OB(c2cccc(-c3cc(C(C)(C)C)cc(C(C)(C)C)c3)c2N2CN(c3cccc(COCc4ccc5c6cc(-c7ccccc7)ccc6n(-c6cc(C(C)(C)C)ccn6)c5c4)c3)c3ccccc32)OB(C(C)(C)C)O1. The van der Waals surface area contributed by atoms with Crippen LogP contribution in [0.2, 0.25) is 10.6 Å². The Balaban J connectivity index is 0.938. The van der Waals surface area contributed by atoms with Crippen LogP contribution in [0, 0.1) is 0 Å². The second-order valence-electron chi connectivity index (χ2n) is 27.8.